The zero-order valence-corrected chi connectivity index (χ0v) is 7.38. The van der Waals surface area contributed by atoms with Crippen LogP contribution >= 0.6 is 0 Å². The first-order chi connectivity index (χ1) is 5.86. The Kier molecular flexibility index (Phi) is 2.30. The Labute approximate surface area is 73.1 Å². The first-order valence-corrected chi connectivity index (χ1v) is 4.87. The minimum absolute atomic E-state index is 0.291. The zero-order valence-electron chi connectivity index (χ0n) is 7.38. The highest BCUT2D eigenvalue weighted by Gasteiger charge is 2.23. The summed E-state index contributed by atoms with van der Waals surface area (Å²) in [5, 5.41) is 3.24. The fraction of sp³-hybridized carbons (Fsp3) is 0.889. The molecular weight excluding hydrogens is 152 g/mol. The summed E-state index contributed by atoms with van der Waals surface area (Å²) >= 11 is 0. The molecule has 1 saturated carbocycles. The summed E-state index contributed by atoms with van der Waals surface area (Å²) in [4.78, 5) is 13.4. The number of rotatable bonds is 3. The molecule has 1 N–H and O–H groups in total. The van der Waals surface area contributed by atoms with Gasteiger partial charge in [-0.1, -0.05) is 0 Å². The molecule has 0 atom stereocenters. The number of likely N-dealkylation sites (tertiary alicyclic amines) is 1. The molecule has 0 aromatic rings. The van der Waals surface area contributed by atoms with Crippen molar-refractivity contribution in [3.63, 3.8) is 0 Å². The van der Waals surface area contributed by atoms with Gasteiger partial charge < -0.3 is 10.2 Å². The van der Waals surface area contributed by atoms with E-state index >= 15 is 0 Å². The largest absolute Gasteiger partial charge is 0.342 e. The molecule has 2 fully saturated rings. The Hall–Kier alpha value is -0.570. The van der Waals surface area contributed by atoms with Gasteiger partial charge in [-0.15, -0.1) is 0 Å². The van der Waals surface area contributed by atoms with Crippen molar-refractivity contribution in [2.24, 2.45) is 0 Å². The minimum atomic E-state index is 0.291. The Morgan fingerprint density at radius 1 is 1.33 bits per heavy atom. The molecule has 1 saturated heterocycles. The van der Waals surface area contributed by atoms with Crippen LogP contribution in [0.4, 0.5) is 0 Å². The zero-order chi connectivity index (χ0) is 8.39. The van der Waals surface area contributed by atoms with Crippen LogP contribution in [0.15, 0.2) is 0 Å². The first-order valence-electron chi connectivity index (χ1n) is 4.87. The van der Waals surface area contributed by atoms with E-state index in [-0.39, 0.29) is 0 Å². The lowest BCUT2D eigenvalue weighted by Gasteiger charge is -2.15. The highest BCUT2D eigenvalue weighted by atomic mass is 16.2. The normalized spacial score (nSPS) is 23.2. The number of hydrogen-bond donors (Lipinski definition) is 1. The summed E-state index contributed by atoms with van der Waals surface area (Å²) in [6, 6.07) is 0.650. The third kappa shape index (κ3) is 1.97. The summed E-state index contributed by atoms with van der Waals surface area (Å²) in [5.74, 6) is 0.291. The van der Waals surface area contributed by atoms with Crippen molar-refractivity contribution in [3.05, 3.63) is 0 Å². The van der Waals surface area contributed by atoms with E-state index in [0.717, 1.165) is 13.1 Å². The van der Waals surface area contributed by atoms with Gasteiger partial charge in [0.1, 0.15) is 0 Å². The molecule has 3 heteroatoms. The first kappa shape index (κ1) is 8.05. The van der Waals surface area contributed by atoms with Crippen LogP contribution < -0.4 is 5.32 Å². The van der Waals surface area contributed by atoms with Crippen LogP contribution in [-0.4, -0.2) is 36.5 Å². The summed E-state index contributed by atoms with van der Waals surface area (Å²) in [7, 11) is 0. The molecule has 0 aromatic carbocycles. The Bertz CT molecular complexity index is 171. The van der Waals surface area contributed by atoms with Gasteiger partial charge in [-0.25, -0.2) is 0 Å². The molecular formula is C9H16N2O. The van der Waals surface area contributed by atoms with E-state index in [1.807, 2.05) is 4.90 Å². The second kappa shape index (κ2) is 3.44. The number of carbonyl (C=O) groups excluding carboxylic acids is 1. The van der Waals surface area contributed by atoms with Crippen LogP contribution in [0.1, 0.15) is 25.7 Å². The van der Waals surface area contributed by atoms with Crippen molar-refractivity contribution in [2.45, 2.75) is 31.7 Å². The molecule has 1 aliphatic heterocycles. The SMILES string of the molecule is O=C(CNC1CC1)N1CCCC1. The van der Waals surface area contributed by atoms with E-state index in [9.17, 15) is 4.79 Å². The second-order valence-electron chi connectivity index (χ2n) is 3.74. The molecule has 0 unspecified atom stereocenters. The van der Waals surface area contributed by atoms with Crippen LogP contribution in [0.3, 0.4) is 0 Å². The molecule has 68 valence electrons. The van der Waals surface area contributed by atoms with Gasteiger partial charge in [-0.05, 0) is 25.7 Å². The number of nitrogens with zero attached hydrogens (tertiary/aromatic N) is 1. The highest BCUT2D eigenvalue weighted by Crippen LogP contribution is 2.18. The van der Waals surface area contributed by atoms with Gasteiger partial charge in [-0.2, -0.15) is 0 Å². The van der Waals surface area contributed by atoms with E-state index < -0.39 is 0 Å². The van der Waals surface area contributed by atoms with Crippen LogP contribution in [0.2, 0.25) is 0 Å². The lowest BCUT2D eigenvalue weighted by molar-refractivity contribution is -0.129. The van der Waals surface area contributed by atoms with Crippen molar-refractivity contribution in [1.29, 1.82) is 0 Å². The molecule has 2 rings (SSSR count). The highest BCUT2D eigenvalue weighted by molar-refractivity contribution is 5.78. The predicted octanol–water partition coefficient (Wildman–Crippen LogP) is 0.361. The molecule has 2 aliphatic rings. The third-order valence-electron chi connectivity index (χ3n) is 2.58. The predicted molar refractivity (Wildman–Crippen MR) is 46.8 cm³/mol. The average molecular weight is 168 g/mol. The molecule has 1 heterocycles. The van der Waals surface area contributed by atoms with Crippen molar-refractivity contribution in [3.8, 4) is 0 Å². The lowest BCUT2D eigenvalue weighted by atomic mass is 10.4. The summed E-state index contributed by atoms with van der Waals surface area (Å²) in [6.45, 7) is 2.51. The topological polar surface area (TPSA) is 32.3 Å². The molecule has 0 bridgehead atoms. The summed E-state index contributed by atoms with van der Waals surface area (Å²) in [6.07, 6.45) is 4.89. The number of hydrogen-bond acceptors (Lipinski definition) is 2. The number of carbonyl (C=O) groups is 1. The smallest absolute Gasteiger partial charge is 0.236 e. The molecule has 1 aliphatic carbocycles. The van der Waals surface area contributed by atoms with Gasteiger partial charge in [0.05, 0.1) is 6.54 Å². The van der Waals surface area contributed by atoms with Crippen molar-refractivity contribution < 1.29 is 4.79 Å². The third-order valence-corrected chi connectivity index (χ3v) is 2.58. The van der Waals surface area contributed by atoms with Gasteiger partial charge in [-0.3, -0.25) is 4.79 Å². The van der Waals surface area contributed by atoms with E-state index in [4.69, 9.17) is 0 Å². The Balaban J connectivity index is 1.67. The van der Waals surface area contributed by atoms with Crippen molar-refractivity contribution in [1.82, 2.24) is 10.2 Å². The second-order valence-corrected chi connectivity index (χ2v) is 3.74. The maximum Gasteiger partial charge on any atom is 0.236 e. The monoisotopic (exact) mass is 168 g/mol. The van der Waals surface area contributed by atoms with Gasteiger partial charge in [0.2, 0.25) is 5.91 Å². The maximum atomic E-state index is 11.4. The van der Waals surface area contributed by atoms with Gasteiger partial charge in [0.15, 0.2) is 0 Å². The van der Waals surface area contributed by atoms with Crippen molar-refractivity contribution >= 4 is 5.91 Å². The average Bonchev–Trinajstić information content (AvgIpc) is 2.74. The minimum Gasteiger partial charge on any atom is -0.342 e. The van der Waals surface area contributed by atoms with Crippen molar-refractivity contribution in [2.75, 3.05) is 19.6 Å². The standard InChI is InChI=1S/C9H16N2O/c12-9(7-10-8-3-4-8)11-5-1-2-6-11/h8,10H,1-7H2. The number of nitrogens with one attached hydrogen (secondary N) is 1. The maximum absolute atomic E-state index is 11.4. The van der Waals surface area contributed by atoms with Gasteiger partial charge in [0.25, 0.3) is 0 Å². The molecule has 0 radical (unpaired) electrons. The molecule has 12 heavy (non-hydrogen) atoms. The summed E-state index contributed by atoms with van der Waals surface area (Å²) in [5.41, 5.74) is 0. The van der Waals surface area contributed by atoms with Crippen LogP contribution in [0.25, 0.3) is 0 Å². The fourth-order valence-electron chi connectivity index (χ4n) is 1.60. The van der Waals surface area contributed by atoms with E-state index in [2.05, 4.69) is 5.32 Å². The molecule has 3 nitrogen and oxygen atoms in total. The quantitative estimate of drug-likeness (QED) is 0.660. The van der Waals surface area contributed by atoms with Gasteiger partial charge in [0, 0.05) is 19.1 Å². The van der Waals surface area contributed by atoms with Crippen LogP contribution in [-0.2, 0) is 4.79 Å². The molecule has 0 aromatic heterocycles. The molecule has 1 amide bonds. The van der Waals surface area contributed by atoms with Gasteiger partial charge >= 0.3 is 0 Å². The van der Waals surface area contributed by atoms with E-state index in [1.54, 1.807) is 0 Å². The van der Waals surface area contributed by atoms with E-state index in [0.29, 0.717) is 18.5 Å². The van der Waals surface area contributed by atoms with Crippen LogP contribution in [0, 0.1) is 0 Å². The fourth-order valence-corrected chi connectivity index (χ4v) is 1.60. The molecule has 0 spiro atoms. The van der Waals surface area contributed by atoms with E-state index in [1.165, 1.54) is 25.7 Å². The lowest BCUT2D eigenvalue weighted by Crippen LogP contribution is -2.36. The summed E-state index contributed by atoms with van der Waals surface area (Å²) < 4.78 is 0. The number of amides is 1. The Morgan fingerprint density at radius 3 is 2.58 bits per heavy atom. The Morgan fingerprint density at radius 2 is 2.00 bits per heavy atom. The van der Waals surface area contributed by atoms with Crippen LogP contribution in [0.5, 0.6) is 0 Å².